The summed E-state index contributed by atoms with van der Waals surface area (Å²) in [6, 6.07) is 15.5. The first-order valence-electron chi connectivity index (χ1n) is 9.52. The van der Waals surface area contributed by atoms with Crippen LogP contribution in [-0.2, 0) is 5.75 Å². The van der Waals surface area contributed by atoms with Crippen LogP contribution in [0.15, 0.2) is 62.9 Å². The summed E-state index contributed by atoms with van der Waals surface area (Å²) in [5.41, 5.74) is 5.13. The van der Waals surface area contributed by atoms with Crippen LogP contribution in [0.3, 0.4) is 0 Å². The average molecular weight is 417 g/mol. The van der Waals surface area contributed by atoms with Crippen molar-refractivity contribution in [2.45, 2.75) is 24.8 Å². The number of rotatable bonds is 4. The number of nitrogens with zero attached hydrogens (tertiary/aromatic N) is 3. The first-order valence-corrected chi connectivity index (χ1v) is 10.5. The number of aryl methyl sites for hydroxylation is 2. The molecule has 3 heterocycles. The molecular weight excluding hydrogens is 398 g/mol. The summed E-state index contributed by atoms with van der Waals surface area (Å²) < 4.78 is 12.8. The third-order valence-corrected chi connectivity index (χ3v) is 6.19. The molecule has 0 bridgehead atoms. The van der Waals surface area contributed by atoms with Gasteiger partial charge in [0.1, 0.15) is 11.3 Å². The highest BCUT2D eigenvalue weighted by Crippen LogP contribution is 2.31. The van der Waals surface area contributed by atoms with Gasteiger partial charge in [0.15, 0.2) is 10.8 Å². The van der Waals surface area contributed by atoms with Crippen LogP contribution in [0.1, 0.15) is 16.7 Å². The molecule has 6 nitrogen and oxygen atoms in total. The van der Waals surface area contributed by atoms with Crippen LogP contribution in [0.4, 0.5) is 0 Å². The molecule has 0 saturated carbocycles. The van der Waals surface area contributed by atoms with E-state index in [4.69, 9.17) is 9.15 Å². The van der Waals surface area contributed by atoms with E-state index in [1.54, 1.807) is 13.2 Å². The summed E-state index contributed by atoms with van der Waals surface area (Å²) in [5, 5.41) is 11.6. The first-order chi connectivity index (χ1) is 14.5. The van der Waals surface area contributed by atoms with Gasteiger partial charge in [-0.1, -0.05) is 23.9 Å². The van der Waals surface area contributed by atoms with Crippen LogP contribution in [0.2, 0.25) is 0 Å². The molecule has 0 unspecified atom stereocenters. The number of thioether (sulfide) groups is 1. The molecule has 30 heavy (non-hydrogen) atoms. The van der Waals surface area contributed by atoms with Crippen molar-refractivity contribution in [3.05, 3.63) is 75.6 Å². The topological polar surface area (TPSA) is 69.6 Å². The SMILES string of the molecule is COc1ccc2c(C)cc3nnc(SCc4cc(=O)oc5cc(C)ccc45)n3c2c1. The molecule has 2 aromatic carbocycles. The van der Waals surface area contributed by atoms with Crippen LogP contribution in [0, 0.1) is 13.8 Å². The molecule has 0 aliphatic heterocycles. The summed E-state index contributed by atoms with van der Waals surface area (Å²) in [6.45, 7) is 4.04. The fourth-order valence-electron chi connectivity index (χ4n) is 3.72. The Morgan fingerprint density at radius 1 is 1.03 bits per heavy atom. The molecule has 0 aliphatic carbocycles. The van der Waals surface area contributed by atoms with Gasteiger partial charge in [-0.2, -0.15) is 0 Å². The van der Waals surface area contributed by atoms with Crippen LogP contribution < -0.4 is 10.4 Å². The summed E-state index contributed by atoms with van der Waals surface area (Å²) >= 11 is 1.54. The lowest BCUT2D eigenvalue weighted by Gasteiger charge is -2.10. The van der Waals surface area contributed by atoms with Crippen molar-refractivity contribution in [2.75, 3.05) is 7.11 Å². The van der Waals surface area contributed by atoms with Crippen molar-refractivity contribution in [3.8, 4) is 5.75 Å². The molecule has 0 N–H and O–H groups in total. The number of benzene rings is 2. The number of pyridine rings is 1. The van der Waals surface area contributed by atoms with Gasteiger partial charge < -0.3 is 9.15 Å². The zero-order valence-electron chi connectivity index (χ0n) is 16.8. The van der Waals surface area contributed by atoms with Crippen LogP contribution in [0.25, 0.3) is 27.5 Å². The summed E-state index contributed by atoms with van der Waals surface area (Å²) in [7, 11) is 1.66. The monoisotopic (exact) mass is 417 g/mol. The third-order valence-electron chi connectivity index (χ3n) is 5.22. The molecule has 0 saturated heterocycles. The number of ether oxygens (including phenoxy) is 1. The highest BCUT2D eigenvalue weighted by Gasteiger charge is 2.14. The number of methoxy groups -OCH3 is 1. The van der Waals surface area contributed by atoms with E-state index in [1.807, 2.05) is 47.7 Å². The standard InChI is InChI=1S/C23H19N3O3S/c1-13-4-6-18-15(10-22(27)29-20(18)8-13)12-30-23-25-24-21-9-14(2)17-7-5-16(28-3)11-19(17)26(21)23/h4-11H,12H2,1-3H3. The maximum Gasteiger partial charge on any atom is 0.336 e. The molecule has 5 rings (SSSR count). The van der Waals surface area contributed by atoms with E-state index in [2.05, 4.69) is 23.2 Å². The van der Waals surface area contributed by atoms with E-state index in [9.17, 15) is 4.79 Å². The van der Waals surface area contributed by atoms with Gasteiger partial charge in [-0.05, 0) is 54.8 Å². The van der Waals surface area contributed by atoms with Gasteiger partial charge in [-0.25, -0.2) is 4.79 Å². The minimum Gasteiger partial charge on any atom is -0.497 e. The van der Waals surface area contributed by atoms with Gasteiger partial charge in [0, 0.05) is 28.7 Å². The van der Waals surface area contributed by atoms with Gasteiger partial charge in [0.2, 0.25) is 0 Å². The quantitative estimate of drug-likeness (QED) is 0.306. The van der Waals surface area contributed by atoms with E-state index in [0.29, 0.717) is 11.3 Å². The highest BCUT2D eigenvalue weighted by atomic mass is 32.2. The number of aromatic nitrogens is 3. The average Bonchev–Trinajstić information content (AvgIpc) is 3.14. The maximum absolute atomic E-state index is 12.0. The van der Waals surface area contributed by atoms with Crippen LogP contribution in [-0.4, -0.2) is 21.7 Å². The molecule has 0 fully saturated rings. The number of hydrogen-bond acceptors (Lipinski definition) is 6. The Kier molecular flexibility index (Phi) is 4.47. The van der Waals surface area contributed by atoms with E-state index in [-0.39, 0.29) is 5.63 Å². The van der Waals surface area contributed by atoms with Gasteiger partial charge in [0.05, 0.1) is 12.6 Å². The Balaban J connectivity index is 1.61. The zero-order valence-corrected chi connectivity index (χ0v) is 17.6. The smallest absolute Gasteiger partial charge is 0.336 e. The molecule has 0 aliphatic rings. The summed E-state index contributed by atoms with van der Waals surface area (Å²) in [5.74, 6) is 1.35. The van der Waals surface area contributed by atoms with Crippen LogP contribution >= 0.6 is 11.8 Å². The second-order valence-electron chi connectivity index (χ2n) is 7.27. The predicted molar refractivity (Wildman–Crippen MR) is 119 cm³/mol. The Bertz CT molecular complexity index is 1490. The highest BCUT2D eigenvalue weighted by molar-refractivity contribution is 7.98. The maximum atomic E-state index is 12.0. The van der Waals surface area contributed by atoms with Crippen LogP contribution in [0.5, 0.6) is 5.75 Å². The third kappa shape index (κ3) is 3.11. The lowest BCUT2D eigenvalue weighted by molar-refractivity contribution is 0.415. The van der Waals surface area contributed by atoms with Gasteiger partial charge in [-0.3, -0.25) is 4.40 Å². The lowest BCUT2D eigenvalue weighted by atomic mass is 10.1. The van der Waals surface area contributed by atoms with E-state index in [1.165, 1.54) is 11.8 Å². The molecule has 0 radical (unpaired) electrons. The Morgan fingerprint density at radius 3 is 2.70 bits per heavy atom. The Labute approximate surface area is 176 Å². The largest absolute Gasteiger partial charge is 0.497 e. The molecular formula is C23H19N3O3S. The van der Waals surface area contributed by atoms with E-state index in [0.717, 1.165) is 49.5 Å². The first kappa shape index (κ1) is 18.7. The predicted octanol–water partition coefficient (Wildman–Crippen LogP) is 4.91. The molecule has 0 spiro atoms. The molecule has 7 heteroatoms. The summed E-state index contributed by atoms with van der Waals surface area (Å²) in [6.07, 6.45) is 0. The zero-order chi connectivity index (χ0) is 20.8. The Hall–Kier alpha value is -3.32. The number of fused-ring (bicyclic) bond motifs is 4. The molecule has 0 amide bonds. The summed E-state index contributed by atoms with van der Waals surface area (Å²) in [4.78, 5) is 12.0. The number of hydrogen-bond donors (Lipinski definition) is 0. The van der Waals surface area contributed by atoms with Gasteiger partial charge in [0.25, 0.3) is 0 Å². The molecule has 3 aromatic heterocycles. The molecule has 0 atom stereocenters. The minimum absolute atomic E-state index is 0.347. The van der Waals surface area contributed by atoms with Gasteiger partial charge in [-0.15, -0.1) is 10.2 Å². The second kappa shape index (κ2) is 7.18. The molecule has 150 valence electrons. The Morgan fingerprint density at radius 2 is 1.87 bits per heavy atom. The lowest BCUT2D eigenvalue weighted by Crippen LogP contribution is -2.00. The van der Waals surface area contributed by atoms with E-state index < -0.39 is 0 Å². The van der Waals surface area contributed by atoms with Crippen molar-refractivity contribution in [3.63, 3.8) is 0 Å². The van der Waals surface area contributed by atoms with E-state index >= 15 is 0 Å². The minimum atomic E-state index is -0.347. The second-order valence-corrected chi connectivity index (χ2v) is 8.21. The fourth-order valence-corrected chi connectivity index (χ4v) is 4.66. The van der Waals surface area contributed by atoms with Crippen molar-refractivity contribution >= 4 is 39.3 Å². The fraction of sp³-hybridized carbons (Fsp3) is 0.174. The van der Waals surface area contributed by atoms with Crippen molar-refractivity contribution in [1.29, 1.82) is 0 Å². The normalized spacial score (nSPS) is 11.6. The van der Waals surface area contributed by atoms with Gasteiger partial charge >= 0.3 is 5.63 Å². The van der Waals surface area contributed by atoms with Crippen molar-refractivity contribution in [1.82, 2.24) is 14.6 Å². The van der Waals surface area contributed by atoms with Crippen molar-refractivity contribution in [2.24, 2.45) is 0 Å². The van der Waals surface area contributed by atoms with Crippen molar-refractivity contribution < 1.29 is 9.15 Å². The molecule has 5 aromatic rings.